The zero-order valence-corrected chi connectivity index (χ0v) is 10.9. The van der Waals surface area contributed by atoms with Crippen molar-refractivity contribution < 1.29 is 17.2 Å². The number of hydrogen-bond donors (Lipinski definition) is 0. The van der Waals surface area contributed by atoms with Crippen LogP contribution in [0.5, 0.6) is 0 Å². The second-order valence-corrected chi connectivity index (χ2v) is 6.25. The number of aromatic nitrogens is 2. The molecule has 104 valence electrons. The predicted octanol–water partition coefficient (Wildman–Crippen LogP) is 1.46. The van der Waals surface area contributed by atoms with Gasteiger partial charge in [-0.2, -0.15) is 4.31 Å². The number of benzene rings is 1. The molecular formula is C12H9F2N3O2S. The summed E-state index contributed by atoms with van der Waals surface area (Å²) in [6, 6.07) is 2.39. The Morgan fingerprint density at radius 3 is 2.70 bits per heavy atom. The Bertz CT molecular complexity index is 755. The minimum atomic E-state index is -4.03. The molecule has 20 heavy (non-hydrogen) atoms. The molecule has 1 aromatic carbocycles. The number of halogens is 2. The largest absolute Gasteiger partial charge is 0.246 e. The molecule has 1 aliphatic rings. The van der Waals surface area contributed by atoms with Gasteiger partial charge in [0.2, 0.25) is 10.0 Å². The van der Waals surface area contributed by atoms with Crippen LogP contribution in [-0.2, 0) is 23.1 Å². The van der Waals surface area contributed by atoms with Gasteiger partial charge in [-0.15, -0.1) is 0 Å². The van der Waals surface area contributed by atoms with E-state index in [9.17, 15) is 17.2 Å². The van der Waals surface area contributed by atoms with E-state index < -0.39 is 26.6 Å². The number of fused-ring (bicyclic) bond motifs is 1. The number of rotatable bonds is 2. The van der Waals surface area contributed by atoms with E-state index in [4.69, 9.17) is 0 Å². The highest BCUT2D eigenvalue weighted by molar-refractivity contribution is 7.89. The summed E-state index contributed by atoms with van der Waals surface area (Å²) in [4.78, 5) is 7.26. The van der Waals surface area contributed by atoms with Crippen LogP contribution in [-0.4, -0.2) is 22.7 Å². The van der Waals surface area contributed by atoms with Crippen LogP contribution < -0.4 is 0 Å². The van der Waals surface area contributed by atoms with Crippen LogP contribution in [0.2, 0.25) is 0 Å². The lowest BCUT2D eigenvalue weighted by molar-refractivity contribution is 0.424. The van der Waals surface area contributed by atoms with E-state index in [0.29, 0.717) is 17.3 Å². The Morgan fingerprint density at radius 1 is 1.20 bits per heavy atom. The molecule has 3 rings (SSSR count). The zero-order chi connectivity index (χ0) is 14.3. The van der Waals surface area contributed by atoms with Gasteiger partial charge in [-0.3, -0.25) is 0 Å². The van der Waals surface area contributed by atoms with Crippen LogP contribution >= 0.6 is 0 Å². The van der Waals surface area contributed by atoms with E-state index in [2.05, 4.69) is 9.97 Å². The maximum Gasteiger partial charge on any atom is 0.246 e. The molecular weight excluding hydrogens is 288 g/mol. The van der Waals surface area contributed by atoms with E-state index in [1.807, 2.05) is 0 Å². The first-order valence-electron chi connectivity index (χ1n) is 5.71. The summed E-state index contributed by atoms with van der Waals surface area (Å²) in [5.74, 6) is -1.93. The van der Waals surface area contributed by atoms with Gasteiger partial charge in [0.15, 0.2) is 0 Å². The van der Waals surface area contributed by atoms with Gasteiger partial charge in [-0.1, -0.05) is 0 Å². The number of hydrogen-bond acceptors (Lipinski definition) is 4. The number of sulfonamides is 1. The first-order chi connectivity index (χ1) is 9.48. The van der Waals surface area contributed by atoms with Gasteiger partial charge < -0.3 is 0 Å². The molecule has 0 atom stereocenters. The lowest BCUT2D eigenvalue weighted by atomic mass is 10.3. The van der Waals surface area contributed by atoms with Gasteiger partial charge >= 0.3 is 0 Å². The Labute approximate surface area is 114 Å². The Hall–Kier alpha value is -1.93. The molecule has 0 N–H and O–H groups in total. The zero-order valence-electron chi connectivity index (χ0n) is 10.1. The van der Waals surface area contributed by atoms with Gasteiger partial charge in [0.05, 0.1) is 12.2 Å². The van der Waals surface area contributed by atoms with Crippen molar-refractivity contribution in [2.24, 2.45) is 0 Å². The van der Waals surface area contributed by atoms with Crippen molar-refractivity contribution in [3.05, 3.63) is 53.6 Å². The summed E-state index contributed by atoms with van der Waals surface area (Å²) >= 11 is 0. The van der Waals surface area contributed by atoms with Crippen LogP contribution in [0.4, 0.5) is 8.78 Å². The molecule has 1 aromatic heterocycles. The van der Waals surface area contributed by atoms with Crippen molar-refractivity contribution in [3.8, 4) is 0 Å². The molecule has 0 saturated heterocycles. The maximum atomic E-state index is 13.7. The molecule has 0 saturated carbocycles. The van der Waals surface area contributed by atoms with Crippen molar-refractivity contribution in [2.45, 2.75) is 18.0 Å². The molecule has 0 spiro atoms. The van der Waals surface area contributed by atoms with Gasteiger partial charge in [-0.25, -0.2) is 27.2 Å². The average molecular weight is 297 g/mol. The minimum Gasteiger partial charge on any atom is -0.244 e. The summed E-state index contributed by atoms with van der Waals surface area (Å²) in [7, 11) is -4.03. The van der Waals surface area contributed by atoms with Crippen LogP contribution in [0.3, 0.4) is 0 Å². The average Bonchev–Trinajstić information content (AvgIpc) is 2.82. The van der Waals surface area contributed by atoms with Crippen LogP contribution in [0.25, 0.3) is 0 Å². The topological polar surface area (TPSA) is 63.2 Å². The summed E-state index contributed by atoms with van der Waals surface area (Å²) in [6.45, 7) is 0.131. The molecule has 0 fully saturated rings. The molecule has 2 heterocycles. The van der Waals surface area contributed by atoms with Gasteiger partial charge in [0.1, 0.15) is 22.9 Å². The van der Waals surface area contributed by atoms with Crippen LogP contribution in [0.15, 0.2) is 35.6 Å². The lowest BCUT2D eigenvalue weighted by Crippen LogP contribution is -2.26. The highest BCUT2D eigenvalue weighted by atomic mass is 32.2. The van der Waals surface area contributed by atoms with E-state index in [1.54, 1.807) is 0 Å². The molecule has 0 aliphatic carbocycles. The maximum absolute atomic E-state index is 13.7. The molecule has 5 nitrogen and oxygen atoms in total. The second kappa shape index (κ2) is 4.57. The van der Waals surface area contributed by atoms with E-state index in [-0.39, 0.29) is 13.1 Å². The molecule has 8 heteroatoms. The van der Waals surface area contributed by atoms with Crippen molar-refractivity contribution in [2.75, 3.05) is 0 Å². The first kappa shape index (κ1) is 13.1. The van der Waals surface area contributed by atoms with Crippen molar-refractivity contribution >= 4 is 10.0 Å². The summed E-state index contributed by atoms with van der Waals surface area (Å²) in [5.41, 5.74) is 1.27. The van der Waals surface area contributed by atoms with Crippen molar-refractivity contribution in [1.29, 1.82) is 0 Å². The predicted molar refractivity (Wildman–Crippen MR) is 64.8 cm³/mol. The molecule has 0 radical (unpaired) electrons. The lowest BCUT2D eigenvalue weighted by Gasteiger charge is -2.15. The quantitative estimate of drug-likeness (QED) is 0.842. The highest BCUT2D eigenvalue weighted by Gasteiger charge is 2.33. The van der Waals surface area contributed by atoms with Gasteiger partial charge in [0, 0.05) is 24.4 Å². The molecule has 0 unspecified atom stereocenters. The first-order valence-corrected chi connectivity index (χ1v) is 7.15. The summed E-state index contributed by atoms with van der Waals surface area (Å²) < 4.78 is 52.3. The minimum absolute atomic E-state index is 0.0526. The molecule has 0 bridgehead atoms. The smallest absolute Gasteiger partial charge is 0.244 e. The second-order valence-electron chi connectivity index (χ2n) is 4.34. The fraction of sp³-hybridized carbons (Fsp3) is 0.167. The standard InChI is InChI=1S/C12H9F2N3O2S/c13-9-1-2-12(10(14)3-9)20(18,19)17-5-8-4-15-7-16-11(8)6-17/h1-4,7H,5-6H2. The Morgan fingerprint density at radius 2 is 2.00 bits per heavy atom. The van der Waals surface area contributed by atoms with E-state index in [1.165, 1.54) is 12.5 Å². The van der Waals surface area contributed by atoms with Crippen LogP contribution in [0, 0.1) is 11.6 Å². The summed E-state index contributed by atoms with van der Waals surface area (Å²) in [6.07, 6.45) is 2.85. The van der Waals surface area contributed by atoms with Gasteiger partial charge in [-0.05, 0) is 12.1 Å². The monoisotopic (exact) mass is 297 g/mol. The van der Waals surface area contributed by atoms with Crippen LogP contribution in [0.1, 0.15) is 11.3 Å². The SMILES string of the molecule is O=S(=O)(c1ccc(F)cc1F)N1Cc2cncnc2C1. The fourth-order valence-corrected chi connectivity index (χ4v) is 3.49. The third-order valence-electron chi connectivity index (χ3n) is 3.07. The third-order valence-corrected chi connectivity index (χ3v) is 4.89. The van der Waals surface area contributed by atoms with Crippen molar-refractivity contribution in [1.82, 2.24) is 14.3 Å². The Balaban J connectivity index is 1.99. The third kappa shape index (κ3) is 2.06. The van der Waals surface area contributed by atoms with Gasteiger partial charge in [0.25, 0.3) is 0 Å². The molecule has 2 aromatic rings. The molecule has 0 amide bonds. The summed E-state index contributed by atoms with van der Waals surface area (Å²) in [5, 5.41) is 0. The fourth-order valence-electron chi connectivity index (χ4n) is 2.06. The van der Waals surface area contributed by atoms with E-state index in [0.717, 1.165) is 16.4 Å². The normalized spacial score (nSPS) is 15.3. The highest BCUT2D eigenvalue weighted by Crippen LogP contribution is 2.28. The van der Waals surface area contributed by atoms with Crippen molar-refractivity contribution in [3.63, 3.8) is 0 Å². The number of nitrogens with zero attached hydrogens (tertiary/aromatic N) is 3. The molecule has 1 aliphatic heterocycles. The van der Waals surface area contributed by atoms with E-state index >= 15 is 0 Å². The Kier molecular flexibility index (Phi) is 2.98.